The largest absolute Gasteiger partial charge is 0.390 e. The minimum absolute atomic E-state index is 0.00871. The van der Waals surface area contributed by atoms with Crippen LogP contribution in [0.2, 0.25) is 0 Å². The number of nitrogens with zero attached hydrogens (tertiary/aromatic N) is 1. The van der Waals surface area contributed by atoms with Crippen LogP contribution in [-0.2, 0) is 14.3 Å². The van der Waals surface area contributed by atoms with Crippen molar-refractivity contribution in [3.05, 3.63) is 0 Å². The van der Waals surface area contributed by atoms with E-state index in [9.17, 15) is 9.90 Å². The monoisotopic (exact) mass is 511 g/mol. The molecule has 0 aromatic rings. The van der Waals surface area contributed by atoms with Gasteiger partial charge < -0.3 is 14.6 Å². The first-order valence-electron chi connectivity index (χ1n) is 14.8. The maximum Gasteiger partial charge on any atom is 0.165 e. The highest BCUT2D eigenvalue weighted by Crippen LogP contribution is 2.49. The summed E-state index contributed by atoms with van der Waals surface area (Å²) in [6.07, 6.45) is 7.52. The molecule has 0 aromatic carbocycles. The first-order valence-corrected chi connectivity index (χ1v) is 14.8. The second-order valence-electron chi connectivity index (χ2n) is 13.6. The first kappa shape index (κ1) is 33.5. The van der Waals surface area contributed by atoms with E-state index in [-0.39, 0.29) is 22.2 Å². The molecular formula is C31H61NO4. The van der Waals surface area contributed by atoms with Gasteiger partial charge in [-0.1, -0.05) is 61.8 Å². The Morgan fingerprint density at radius 1 is 0.833 bits per heavy atom. The molecule has 0 amide bonds. The lowest BCUT2D eigenvalue weighted by atomic mass is 9.62. The Balaban J connectivity index is 2.91. The van der Waals surface area contributed by atoms with Crippen molar-refractivity contribution >= 4 is 5.78 Å². The number of rotatable bonds is 19. The third kappa shape index (κ3) is 10.3. The number of ketones is 1. The molecule has 1 rings (SSSR count). The average molecular weight is 512 g/mol. The van der Waals surface area contributed by atoms with Gasteiger partial charge in [0, 0.05) is 25.6 Å². The van der Waals surface area contributed by atoms with Crippen molar-refractivity contribution in [2.45, 2.75) is 157 Å². The number of hydrogen-bond acceptors (Lipinski definition) is 5. The number of ether oxygens (including phenoxy) is 2. The zero-order valence-corrected chi connectivity index (χ0v) is 25.9. The number of aliphatic hydroxyl groups is 1. The molecule has 5 nitrogen and oxygen atoms in total. The van der Waals surface area contributed by atoms with Crippen LogP contribution in [0.1, 0.15) is 134 Å². The molecule has 1 heterocycles. The van der Waals surface area contributed by atoms with Crippen molar-refractivity contribution in [1.29, 1.82) is 0 Å². The summed E-state index contributed by atoms with van der Waals surface area (Å²) in [5.74, 6) is 0.226. The highest BCUT2D eigenvalue weighted by molar-refractivity contribution is 5.87. The summed E-state index contributed by atoms with van der Waals surface area (Å²) < 4.78 is 13.0. The molecule has 0 spiro atoms. The van der Waals surface area contributed by atoms with Crippen LogP contribution in [0.5, 0.6) is 0 Å². The summed E-state index contributed by atoms with van der Waals surface area (Å²) in [5, 5.41) is 10.8. The normalized spacial score (nSPS) is 20.9. The van der Waals surface area contributed by atoms with Gasteiger partial charge in [0.2, 0.25) is 0 Å². The van der Waals surface area contributed by atoms with E-state index < -0.39 is 11.2 Å². The molecular weight excluding hydrogens is 450 g/mol. The smallest absolute Gasteiger partial charge is 0.165 e. The molecule has 36 heavy (non-hydrogen) atoms. The van der Waals surface area contributed by atoms with Gasteiger partial charge in [-0.3, -0.25) is 9.69 Å². The summed E-state index contributed by atoms with van der Waals surface area (Å²) in [6, 6.07) is 0.617. The standard InChI is InChI=1S/C31H61NO4/c1-12-29(22-27(7,8)9,23-28(10,11)34)24-30(13-2,14-3)35-19-20-36-31(15-4,16-5)26(33)17-18-32-21-25(32)6/h25,34H,12-24H2,1-11H3. The van der Waals surface area contributed by atoms with E-state index in [0.717, 1.165) is 51.6 Å². The van der Waals surface area contributed by atoms with Crippen LogP contribution in [0.4, 0.5) is 0 Å². The molecule has 214 valence electrons. The van der Waals surface area contributed by atoms with E-state index in [1.807, 2.05) is 13.8 Å². The van der Waals surface area contributed by atoms with E-state index in [1.54, 1.807) is 0 Å². The summed E-state index contributed by atoms with van der Waals surface area (Å²) in [5.41, 5.74) is -1.55. The fourth-order valence-corrected chi connectivity index (χ4v) is 6.54. The average Bonchev–Trinajstić information content (AvgIpc) is 3.49. The molecule has 1 aliphatic rings. The van der Waals surface area contributed by atoms with Crippen LogP contribution in [0.25, 0.3) is 0 Å². The maximum atomic E-state index is 13.1. The van der Waals surface area contributed by atoms with Gasteiger partial charge in [-0.25, -0.2) is 0 Å². The highest BCUT2D eigenvalue weighted by atomic mass is 16.5. The molecule has 0 saturated carbocycles. The molecule has 1 N–H and O–H groups in total. The Bertz CT molecular complexity index is 636. The molecule has 0 aliphatic carbocycles. The lowest BCUT2D eigenvalue weighted by molar-refractivity contribution is -0.156. The van der Waals surface area contributed by atoms with Gasteiger partial charge in [0.15, 0.2) is 5.78 Å². The minimum atomic E-state index is -0.728. The van der Waals surface area contributed by atoms with Crippen LogP contribution in [0, 0.1) is 10.8 Å². The number of hydrogen-bond donors (Lipinski definition) is 1. The van der Waals surface area contributed by atoms with E-state index in [0.29, 0.717) is 38.5 Å². The van der Waals surface area contributed by atoms with Crippen molar-refractivity contribution < 1.29 is 19.4 Å². The number of Topliss-reactive ketones (excluding diaryl/α,β-unsaturated/α-hetero) is 1. The fourth-order valence-electron chi connectivity index (χ4n) is 6.54. The number of carbonyl (C=O) groups is 1. The third-order valence-corrected chi connectivity index (χ3v) is 8.58. The van der Waals surface area contributed by atoms with Crippen molar-refractivity contribution in [2.75, 3.05) is 26.3 Å². The summed E-state index contributed by atoms with van der Waals surface area (Å²) in [7, 11) is 0. The third-order valence-electron chi connectivity index (χ3n) is 8.58. The molecule has 1 aliphatic heterocycles. The molecule has 0 bridgehead atoms. The lowest BCUT2D eigenvalue weighted by Gasteiger charge is -2.47. The Labute approximate surface area is 224 Å². The first-order chi connectivity index (χ1) is 16.5. The van der Waals surface area contributed by atoms with Crippen LogP contribution in [0.15, 0.2) is 0 Å². The second-order valence-corrected chi connectivity index (χ2v) is 13.6. The Kier molecular flexibility index (Phi) is 12.6. The molecule has 5 heteroatoms. The molecule has 3 atom stereocenters. The SMILES string of the molecule is CCC(CC(C)(C)C)(CC(C)(C)O)CC(CC)(CC)OCCOC(CC)(CC)C(=O)CCN1CC1C. The molecule has 0 aromatic heterocycles. The topological polar surface area (TPSA) is 58.8 Å². The zero-order chi connectivity index (χ0) is 27.8. The lowest BCUT2D eigenvalue weighted by Crippen LogP contribution is -2.45. The maximum absolute atomic E-state index is 13.1. The molecule has 3 unspecified atom stereocenters. The minimum Gasteiger partial charge on any atom is -0.390 e. The highest BCUT2D eigenvalue weighted by Gasteiger charge is 2.44. The zero-order valence-electron chi connectivity index (χ0n) is 25.9. The molecule has 1 saturated heterocycles. The van der Waals surface area contributed by atoms with Crippen LogP contribution >= 0.6 is 0 Å². The van der Waals surface area contributed by atoms with Gasteiger partial charge in [0.1, 0.15) is 5.60 Å². The van der Waals surface area contributed by atoms with Crippen molar-refractivity contribution in [2.24, 2.45) is 10.8 Å². The van der Waals surface area contributed by atoms with Crippen LogP contribution < -0.4 is 0 Å². The van der Waals surface area contributed by atoms with Gasteiger partial charge in [0.05, 0.1) is 24.4 Å². The number of carbonyl (C=O) groups excluding carboxylic acids is 1. The quantitative estimate of drug-likeness (QED) is 0.147. The Morgan fingerprint density at radius 3 is 1.75 bits per heavy atom. The van der Waals surface area contributed by atoms with Crippen molar-refractivity contribution in [1.82, 2.24) is 4.90 Å². The van der Waals surface area contributed by atoms with E-state index in [2.05, 4.69) is 67.2 Å². The molecule has 1 fully saturated rings. The summed E-state index contributed by atoms with van der Waals surface area (Å²) in [4.78, 5) is 15.5. The van der Waals surface area contributed by atoms with E-state index in [4.69, 9.17) is 9.47 Å². The van der Waals surface area contributed by atoms with E-state index >= 15 is 0 Å². The predicted octanol–water partition coefficient (Wildman–Crippen LogP) is 7.18. The van der Waals surface area contributed by atoms with Crippen molar-refractivity contribution in [3.63, 3.8) is 0 Å². The fraction of sp³-hybridized carbons (Fsp3) is 0.968. The molecule has 0 radical (unpaired) electrons. The summed E-state index contributed by atoms with van der Waals surface area (Å²) in [6.45, 7) is 26.6. The van der Waals surface area contributed by atoms with Gasteiger partial charge in [-0.15, -0.1) is 0 Å². The Hall–Kier alpha value is -0.490. The van der Waals surface area contributed by atoms with Gasteiger partial charge in [-0.2, -0.15) is 0 Å². The second kappa shape index (κ2) is 13.5. The summed E-state index contributed by atoms with van der Waals surface area (Å²) >= 11 is 0. The van der Waals surface area contributed by atoms with Crippen molar-refractivity contribution in [3.8, 4) is 0 Å². The predicted molar refractivity (Wildman–Crippen MR) is 152 cm³/mol. The van der Waals surface area contributed by atoms with Gasteiger partial charge >= 0.3 is 0 Å². The van der Waals surface area contributed by atoms with E-state index in [1.165, 1.54) is 0 Å². The van der Waals surface area contributed by atoms with Gasteiger partial charge in [-0.05, 0) is 76.5 Å². The van der Waals surface area contributed by atoms with Gasteiger partial charge in [0.25, 0.3) is 0 Å². The Morgan fingerprint density at radius 2 is 1.36 bits per heavy atom. The van der Waals surface area contributed by atoms with Crippen LogP contribution in [-0.4, -0.2) is 64.9 Å². The van der Waals surface area contributed by atoms with Crippen LogP contribution in [0.3, 0.4) is 0 Å².